The number of hydrogen-bond donors (Lipinski definition) is 0. The fourth-order valence-electron chi connectivity index (χ4n) is 0.808. The summed E-state index contributed by atoms with van der Waals surface area (Å²) in [4.78, 5) is 0. The second-order valence-electron chi connectivity index (χ2n) is 2.66. The Kier molecular flexibility index (Phi) is 3.50. The molecule has 0 aromatic rings. The Balaban J connectivity index is 2.68. The highest BCUT2D eigenvalue weighted by atomic mass is 35.5. The van der Waals surface area contributed by atoms with Crippen molar-refractivity contribution in [2.24, 2.45) is 0 Å². The summed E-state index contributed by atoms with van der Waals surface area (Å²) in [5, 5.41) is 0. The van der Waals surface area contributed by atoms with Crippen molar-refractivity contribution in [1.29, 1.82) is 0 Å². The van der Waals surface area contributed by atoms with Crippen LogP contribution in [0.25, 0.3) is 0 Å². The third-order valence-electron chi connectivity index (χ3n) is 1.53. The monoisotopic (exact) mass is 240 g/mol. The lowest BCUT2D eigenvalue weighted by Gasteiger charge is -2.34. The fourth-order valence-corrected chi connectivity index (χ4v) is 2.53. The van der Waals surface area contributed by atoms with E-state index in [-0.39, 0.29) is 0 Å². The van der Waals surface area contributed by atoms with Gasteiger partial charge in [0.2, 0.25) is 4.33 Å². The summed E-state index contributed by atoms with van der Waals surface area (Å²) in [7, 11) is -0.977. The lowest BCUT2D eigenvalue weighted by molar-refractivity contribution is 0.286. The maximum Gasteiger partial charge on any atom is 0.289 e. The zero-order valence-electron chi connectivity index (χ0n) is 7.35. The van der Waals surface area contributed by atoms with E-state index in [9.17, 15) is 0 Å². The molecule has 0 aromatic heterocycles. The molecule has 1 heterocycles. The zero-order valence-corrected chi connectivity index (χ0v) is 9.75. The number of hydrogen-bond acceptors (Lipinski definition) is 2. The molecule has 0 N–H and O–H groups in total. The molecule has 1 fully saturated rings. The van der Waals surface area contributed by atoms with Gasteiger partial charge in [-0.25, -0.2) is 0 Å². The molecule has 0 radical (unpaired) electrons. The molecule has 0 amide bonds. The molecule has 2 nitrogen and oxygen atoms in total. The smallest absolute Gasteiger partial charge is 0.289 e. The normalized spacial score (nSPS) is 22.4. The van der Waals surface area contributed by atoms with Gasteiger partial charge in [0, 0.05) is 6.16 Å². The highest BCUT2D eigenvalue weighted by molar-refractivity contribution is 7.47. The molecule has 0 aliphatic carbocycles. The Morgan fingerprint density at radius 3 is 2.15 bits per heavy atom. The largest absolute Gasteiger partial charge is 0.440 e. The van der Waals surface area contributed by atoms with E-state index in [2.05, 4.69) is 13.2 Å². The van der Waals surface area contributed by atoms with Gasteiger partial charge in [0.1, 0.15) is 11.5 Å². The second-order valence-corrected chi connectivity index (χ2v) is 5.46. The molecule has 5 heteroatoms. The molecular formula is C8H11Cl2O2P. The third kappa shape index (κ3) is 2.31. The lowest BCUT2D eigenvalue weighted by Crippen LogP contribution is -2.25. The molecule has 0 unspecified atom stereocenters. The van der Waals surface area contributed by atoms with Gasteiger partial charge in [0.25, 0.3) is 8.38 Å². The minimum Gasteiger partial charge on any atom is -0.440 e. The molecule has 0 aromatic carbocycles. The molecule has 74 valence electrons. The quantitative estimate of drug-likeness (QED) is 0.538. The summed E-state index contributed by atoms with van der Waals surface area (Å²) in [6.45, 7) is 9.32. The molecule has 1 aliphatic rings. The van der Waals surface area contributed by atoms with Crippen LogP contribution < -0.4 is 0 Å². The van der Waals surface area contributed by atoms with Crippen LogP contribution in [0.5, 0.6) is 0 Å². The topological polar surface area (TPSA) is 18.5 Å². The van der Waals surface area contributed by atoms with Crippen molar-refractivity contribution >= 4 is 31.6 Å². The van der Waals surface area contributed by atoms with E-state index in [4.69, 9.17) is 32.2 Å². The van der Waals surface area contributed by atoms with E-state index in [0.717, 1.165) is 12.6 Å². The maximum atomic E-state index is 5.87. The van der Waals surface area contributed by atoms with Crippen LogP contribution in [0.4, 0.5) is 0 Å². The van der Waals surface area contributed by atoms with Crippen LogP contribution in [0.15, 0.2) is 24.7 Å². The van der Waals surface area contributed by atoms with Crippen LogP contribution in [0.2, 0.25) is 0 Å². The van der Waals surface area contributed by atoms with Gasteiger partial charge in [-0.05, 0) is 6.42 Å². The molecular weight excluding hydrogens is 230 g/mol. The Labute approximate surface area is 89.4 Å². The first-order chi connectivity index (χ1) is 5.98. The van der Waals surface area contributed by atoms with Crippen LogP contribution >= 0.6 is 31.6 Å². The van der Waals surface area contributed by atoms with Crippen LogP contribution in [0.1, 0.15) is 13.3 Å². The molecule has 1 aliphatic heterocycles. The molecule has 0 bridgehead atoms. The molecule has 13 heavy (non-hydrogen) atoms. The third-order valence-corrected chi connectivity index (χ3v) is 4.03. The van der Waals surface area contributed by atoms with E-state index in [1.165, 1.54) is 0 Å². The van der Waals surface area contributed by atoms with Crippen LogP contribution in [-0.4, -0.2) is 10.5 Å². The van der Waals surface area contributed by atoms with Crippen molar-refractivity contribution in [3.05, 3.63) is 24.7 Å². The molecule has 0 saturated carbocycles. The van der Waals surface area contributed by atoms with Gasteiger partial charge in [-0.15, -0.1) is 0 Å². The average Bonchev–Trinajstić information content (AvgIpc) is 2.02. The van der Waals surface area contributed by atoms with E-state index in [1.54, 1.807) is 0 Å². The van der Waals surface area contributed by atoms with E-state index < -0.39 is 12.7 Å². The van der Waals surface area contributed by atoms with Crippen molar-refractivity contribution < 1.29 is 9.05 Å². The summed E-state index contributed by atoms with van der Waals surface area (Å²) in [6.07, 6.45) is 1.81. The van der Waals surface area contributed by atoms with Crippen LogP contribution in [-0.2, 0) is 9.05 Å². The number of rotatable bonds is 2. The molecule has 0 atom stereocenters. The predicted octanol–water partition coefficient (Wildman–Crippen LogP) is 3.96. The molecule has 1 saturated heterocycles. The standard InChI is InChI=1S/C8H11Cl2O2P/c1-4-5-13-11-6(2)8(9,10)7(3)12-13/h2-5H2,1H3. The van der Waals surface area contributed by atoms with Crippen molar-refractivity contribution in [2.45, 2.75) is 17.7 Å². The Bertz CT molecular complexity index is 220. The Morgan fingerprint density at radius 1 is 1.31 bits per heavy atom. The van der Waals surface area contributed by atoms with E-state index in [1.807, 2.05) is 6.92 Å². The van der Waals surface area contributed by atoms with Crippen LogP contribution in [0, 0.1) is 0 Å². The SMILES string of the molecule is C=C1OP(CCC)OC(=C)C1(Cl)Cl. The first-order valence-corrected chi connectivity index (χ1v) is 6.00. The molecule has 1 rings (SSSR count). The molecule has 0 spiro atoms. The highest BCUT2D eigenvalue weighted by Gasteiger charge is 2.42. The van der Waals surface area contributed by atoms with Gasteiger partial charge < -0.3 is 9.05 Å². The van der Waals surface area contributed by atoms with Gasteiger partial charge >= 0.3 is 0 Å². The fraction of sp³-hybridized carbons (Fsp3) is 0.500. The van der Waals surface area contributed by atoms with Crippen molar-refractivity contribution in [2.75, 3.05) is 6.16 Å². The highest BCUT2D eigenvalue weighted by Crippen LogP contribution is 2.56. The number of alkyl halides is 2. The summed E-state index contributed by atoms with van der Waals surface area (Å²) >= 11 is 11.7. The minimum atomic E-state index is -1.30. The lowest BCUT2D eigenvalue weighted by atomic mass is 10.3. The predicted molar refractivity (Wildman–Crippen MR) is 57.0 cm³/mol. The van der Waals surface area contributed by atoms with E-state index >= 15 is 0 Å². The second kappa shape index (κ2) is 4.08. The summed E-state index contributed by atoms with van der Waals surface area (Å²) in [6, 6.07) is 0. The van der Waals surface area contributed by atoms with Crippen molar-refractivity contribution in [3.8, 4) is 0 Å². The Morgan fingerprint density at radius 2 is 1.77 bits per heavy atom. The average molecular weight is 241 g/mol. The van der Waals surface area contributed by atoms with Crippen molar-refractivity contribution in [3.63, 3.8) is 0 Å². The minimum absolute atomic E-state index is 0.312. The maximum absolute atomic E-state index is 5.87. The van der Waals surface area contributed by atoms with Gasteiger partial charge in [-0.2, -0.15) is 0 Å². The van der Waals surface area contributed by atoms with E-state index in [0.29, 0.717) is 11.5 Å². The van der Waals surface area contributed by atoms with Gasteiger partial charge in [0.05, 0.1) is 0 Å². The number of halogens is 2. The Hall–Kier alpha value is 0.0900. The first kappa shape index (κ1) is 11.2. The van der Waals surface area contributed by atoms with Crippen LogP contribution in [0.3, 0.4) is 0 Å². The van der Waals surface area contributed by atoms with Crippen molar-refractivity contribution in [1.82, 2.24) is 0 Å². The summed E-state index contributed by atoms with van der Waals surface area (Å²) < 4.78 is 9.37. The summed E-state index contributed by atoms with van der Waals surface area (Å²) in [5.74, 6) is 0.623. The van der Waals surface area contributed by atoms with Gasteiger partial charge in [-0.1, -0.05) is 43.3 Å². The summed E-state index contributed by atoms with van der Waals surface area (Å²) in [5.41, 5.74) is 0. The van der Waals surface area contributed by atoms with Gasteiger partial charge in [0.15, 0.2) is 0 Å². The first-order valence-electron chi connectivity index (χ1n) is 3.88. The zero-order chi connectivity index (χ0) is 10.1. The van der Waals surface area contributed by atoms with Gasteiger partial charge in [-0.3, -0.25) is 0 Å².